The Morgan fingerprint density at radius 2 is 2.47 bits per heavy atom. The Morgan fingerprint density at radius 3 is 3.13 bits per heavy atom. The van der Waals surface area contributed by atoms with E-state index in [1.807, 2.05) is 0 Å². The van der Waals surface area contributed by atoms with Crippen molar-refractivity contribution in [3.05, 3.63) is 18.5 Å². The highest BCUT2D eigenvalue weighted by Gasteiger charge is 2.05. The molecule has 0 fully saturated rings. The molecule has 0 saturated carbocycles. The Morgan fingerprint density at radius 1 is 1.67 bits per heavy atom. The van der Waals surface area contributed by atoms with Gasteiger partial charge in [-0.3, -0.25) is 4.79 Å². The van der Waals surface area contributed by atoms with Crippen molar-refractivity contribution in [3.63, 3.8) is 0 Å². The fourth-order valence-corrected chi connectivity index (χ4v) is 1.07. The molecule has 1 N–H and O–H groups in total. The van der Waals surface area contributed by atoms with Crippen molar-refractivity contribution in [2.45, 2.75) is 32.9 Å². The summed E-state index contributed by atoms with van der Waals surface area (Å²) in [5.41, 5.74) is 0. The summed E-state index contributed by atoms with van der Waals surface area (Å²) in [6.45, 7) is 6.58. The van der Waals surface area contributed by atoms with Gasteiger partial charge in [0, 0.05) is 6.54 Å². The number of nitrogens with one attached hydrogen (secondary N) is 1. The first-order chi connectivity index (χ1) is 7.27. The summed E-state index contributed by atoms with van der Waals surface area (Å²) >= 11 is 0. The maximum atomic E-state index is 10.9. The van der Waals surface area contributed by atoms with E-state index in [-0.39, 0.29) is 5.91 Å². The molecule has 0 unspecified atom stereocenters. The Hall–Kier alpha value is -1.72. The van der Waals surface area contributed by atoms with E-state index in [1.165, 1.54) is 6.08 Å². The van der Waals surface area contributed by atoms with Gasteiger partial charge in [0.15, 0.2) is 5.82 Å². The summed E-state index contributed by atoms with van der Waals surface area (Å²) < 4.78 is 1.70. The van der Waals surface area contributed by atoms with Gasteiger partial charge in [-0.25, -0.2) is 4.68 Å². The average molecular weight is 209 g/mol. The number of nitrogens with zero attached hydrogens (tertiary/aromatic N) is 4. The van der Waals surface area contributed by atoms with Crippen LogP contribution in [0.25, 0.3) is 0 Å². The quantitative estimate of drug-likeness (QED) is 0.683. The molecule has 0 aliphatic heterocycles. The number of carbonyl (C=O) groups is 1. The second-order valence-corrected chi connectivity index (χ2v) is 3.09. The predicted molar refractivity (Wildman–Crippen MR) is 54.8 cm³/mol. The lowest BCUT2D eigenvalue weighted by Crippen LogP contribution is -2.22. The standard InChI is InChI=1S/C9H15N5O/c1-3-5-6-14-8(11-12-13-14)7-10-9(15)4-2/h4H,2-3,5-7H2,1H3,(H,10,15). The summed E-state index contributed by atoms with van der Waals surface area (Å²) in [6.07, 6.45) is 3.33. The number of tetrazole rings is 1. The van der Waals surface area contributed by atoms with Crippen molar-refractivity contribution in [3.8, 4) is 0 Å². The number of rotatable bonds is 6. The zero-order valence-corrected chi connectivity index (χ0v) is 8.81. The van der Waals surface area contributed by atoms with Gasteiger partial charge in [-0.1, -0.05) is 19.9 Å². The van der Waals surface area contributed by atoms with Crippen LogP contribution in [0.15, 0.2) is 12.7 Å². The molecule has 6 heteroatoms. The van der Waals surface area contributed by atoms with E-state index >= 15 is 0 Å². The smallest absolute Gasteiger partial charge is 0.243 e. The van der Waals surface area contributed by atoms with Gasteiger partial charge >= 0.3 is 0 Å². The second kappa shape index (κ2) is 5.90. The van der Waals surface area contributed by atoms with Crippen LogP contribution >= 0.6 is 0 Å². The first kappa shape index (κ1) is 11.4. The topological polar surface area (TPSA) is 72.7 Å². The molecule has 1 rings (SSSR count). The van der Waals surface area contributed by atoms with Crippen LogP contribution in [-0.2, 0) is 17.9 Å². The molecule has 0 aliphatic carbocycles. The molecule has 15 heavy (non-hydrogen) atoms. The van der Waals surface area contributed by atoms with Crippen LogP contribution in [0.3, 0.4) is 0 Å². The first-order valence-corrected chi connectivity index (χ1v) is 4.93. The molecule has 0 bridgehead atoms. The average Bonchev–Trinajstić information content (AvgIpc) is 2.70. The Labute approximate surface area is 88.4 Å². The van der Waals surface area contributed by atoms with Crippen molar-refractivity contribution in [1.29, 1.82) is 0 Å². The molecule has 6 nitrogen and oxygen atoms in total. The highest BCUT2D eigenvalue weighted by Crippen LogP contribution is 1.96. The van der Waals surface area contributed by atoms with Crippen molar-refractivity contribution >= 4 is 5.91 Å². The lowest BCUT2D eigenvalue weighted by Gasteiger charge is -2.03. The highest BCUT2D eigenvalue weighted by atomic mass is 16.1. The molecule has 1 aromatic rings. The number of aryl methyl sites for hydroxylation is 1. The van der Waals surface area contributed by atoms with Gasteiger partial charge in [0.2, 0.25) is 5.91 Å². The van der Waals surface area contributed by atoms with Crippen molar-refractivity contribution in [1.82, 2.24) is 25.5 Å². The van der Waals surface area contributed by atoms with E-state index in [2.05, 4.69) is 34.3 Å². The van der Waals surface area contributed by atoms with Crippen molar-refractivity contribution < 1.29 is 4.79 Å². The molecule has 1 heterocycles. The maximum Gasteiger partial charge on any atom is 0.243 e. The maximum absolute atomic E-state index is 10.9. The minimum absolute atomic E-state index is 0.222. The minimum Gasteiger partial charge on any atom is -0.345 e. The zero-order valence-electron chi connectivity index (χ0n) is 8.81. The van der Waals surface area contributed by atoms with Crippen LogP contribution in [-0.4, -0.2) is 26.1 Å². The summed E-state index contributed by atoms with van der Waals surface area (Å²) in [4.78, 5) is 10.9. The number of unbranched alkanes of at least 4 members (excludes halogenated alkanes) is 1. The third kappa shape index (κ3) is 3.49. The molecule has 0 aliphatic rings. The molecular weight excluding hydrogens is 194 g/mol. The van der Waals surface area contributed by atoms with E-state index < -0.39 is 0 Å². The normalized spacial score (nSPS) is 9.93. The number of aromatic nitrogens is 4. The highest BCUT2D eigenvalue weighted by molar-refractivity contribution is 5.86. The van der Waals surface area contributed by atoms with Gasteiger partial charge in [-0.15, -0.1) is 5.10 Å². The Balaban J connectivity index is 2.49. The second-order valence-electron chi connectivity index (χ2n) is 3.09. The molecule has 0 saturated heterocycles. The summed E-state index contributed by atoms with van der Waals surface area (Å²) in [6, 6.07) is 0. The minimum atomic E-state index is -0.222. The zero-order chi connectivity index (χ0) is 11.1. The fraction of sp³-hybridized carbons (Fsp3) is 0.556. The van der Waals surface area contributed by atoms with Crippen LogP contribution in [0.1, 0.15) is 25.6 Å². The first-order valence-electron chi connectivity index (χ1n) is 4.93. The van der Waals surface area contributed by atoms with E-state index in [4.69, 9.17) is 0 Å². The van der Waals surface area contributed by atoms with E-state index in [9.17, 15) is 4.79 Å². The van der Waals surface area contributed by atoms with Crippen LogP contribution in [0.5, 0.6) is 0 Å². The molecule has 0 atom stereocenters. The molecule has 0 spiro atoms. The summed E-state index contributed by atoms with van der Waals surface area (Å²) in [5.74, 6) is 0.443. The molecule has 0 aromatic carbocycles. The van der Waals surface area contributed by atoms with Crippen molar-refractivity contribution in [2.24, 2.45) is 0 Å². The third-order valence-electron chi connectivity index (χ3n) is 1.94. The van der Waals surface area contributed by atoms with Gasteiger partial charge < -0.3 is 5.32 Å². The van der Waals surface area contributed by atoms with Gasteiger partial charge in [0.05, 0.1) is 6.54 Å². The van der Waals surface area contributed by atoms with Crippen molar-refractivity contribution in [2.75, 3.05) is 0 Å². The van der Waals surface area contributed by atoms with Gasteiger partial charge in [-0.2, -0.15) is 0 Å². The lowest BCUT2D eigenvalue weighted by molar-refractivity contribution is -0.116. The van der Waals surface area contributed by atoms with E-state index in [0.717, 1.165) is 19.4 Å². The van der Waals surface area contributed by atoms with Crippen LogP contribution in [0, 0.1) is 0 Å². The number of hydrogen-bond donors (Lipinski definition) is 1. The van der Waals surface area contributed by atoms with Crippen LogP contribution in [0.2, 0.25) is 0 Å². The van der Waals surface area contributed by atoms with Gasteiger partial charge in [0.1, 0.15) is 0 Å². The van der Waals surface area contributed by atoms with E-state index in [0.29, 0.717) is 12.4 Å². The summed E-state index contributed by atoms with van der Waals surface area (Å²) in [5, 5.41) is 13.9. The fourth-order valence-electron chi connectivity index (χ4n) is 1.07. The third-order valence-corrected chi connectivity index (χ3v) is 1.94. The lowest BCUT2D eigenvalue weighted by atomic mass is 10.3. The van der Waals surface area contributed by atoms with Gasteiger partial charge in [-0.05, 0) is 22.9 Å². The van der Waals surface area contributed by atoms with E-state index in [1.54, 1.807) is 4.68 Å². The predicted octanol–water partition coefficient (Wildman–Crippen LogP) is 0.275. The van der Waals surface area contributed by atoms with Crippen LogP contribution in [0.4, 0.5) is 0 Å². The SMILES string of the molecule is C=CC(=O)NCc1nnnn1CCCC. The monoisotopic (exact) mass is 209 g/mol. The number of amides is 1. The Bertz CT molecular complexity index is 333. The molecule has 1 aromatic heterocycles. The molecule has 0 radical (unpaired) electrons. The Kier molecular flexibility index (Phi) is 4.46. The molecular formula is C9H15N5O. The summed E-state index contributed by atoms with van der Waals surface area (Å²) in [7, 11) is 0. The number of carbonyl (C=O) groups excluding carboxylic acids is 1. The molecule has 1 amide bonds. The molecule has 82 valence electrons. The van der Waals surface area contributed by atoms with Gasteiger partial charge in [0.25, 0.3) is 0 Å². The number of hydrogen-bond acceptors (Lipinski definition) is 4. The van der Waals surface area contributed by atoms with Crippen LogP contribution < -0.4 is 5.32 Å². The largest absolute Gasteiger partial charge is 0.345 e.